The quantitative estimate of drug-likeness (QED) is 0.799. The summed E-state index contributed by atoms with van der Waals surface area (Å²) in [5, 5.41) is 11.6. The topological polar surface area (TPSA) is 84.9 Å². The van der Waals surface area contributed by atoms with E-state index in [4.69, 9.17) is 14.6 Å². The zero-order valence-electron chi connectivity index (χ0n) is 10.2. The Morgan fingerprint density at radius 2 is 2.06 bits per heavy atom. The van der Waals surface area contributed by atoms with Crippen LogP contribution >= 0.6 is 0 Å². The molecule has 1 rings (SSSR count). The molecule has 0 aromatic heterocycles. The SMILES string of the molecule is COCCC(=O)Nc1ccc(OC)cc1C(=O)O. The van der Waals surface area contributed by atoms with Gasteiger partial charge in [0.15, 0.2) is 0 Å². The van der Waals surface area contributed by atoms with Gasteiger partial charge in [0.2, 0.25) is 5.91 Å². The van der Waals surface area contributed by atoms with Crippen molar-refractivity contribution in [1.82, 2.24) is 0 Å². The molecule has 1 aromatic carbocycles. The average Bonchev–Trinajstić information content (AvgIpc) is 2.36. The lowest BCUT2D eigenvalue weighted by atomic mass is 10.1. The van der Waals surface area contributed by atoms with E-state index in [9.17, 15) is 9.59 Å². The van der Waals surface area contributed by atoms with Gasteiger partial charge >= 0.3 is 5.97 Å². The highest BCUT2D eigenvalue weighted by atomic mass is 16.5. The Labute approximate surface area is 105 Å². The second-order valence-corrected chi connectivity index (χ2v) is 3.51. The maximum Gasteiger partial charge on any atom is 0.337 e. The fourth-order valence-electron chi connectivity index (χ4n) is 1.34. The molecule has 1 aromatic rings. The predicted molar refractivity (Wildman–Crippen MR) is 65.1 cm³/mol. The minimum atomic E-state index is -1.13. The number of carbonyl (C=O) groups excluding carboxylic acids is 1. The highest BCUT2D eigenvalue weighted by molar-refractivity contribution is 6.00. The molecule has 6 heteroatoms. The second-order valence-electron chi connectivity index (χ2n) is 3.51. The van der Waals surface area contributed by atoms with Crippen molar-refractivity contribution in [2.24, 2.45) is 0 Å². The van der Waals surface area contributed by atoms with Crippen molar-refractivity contribution in [3.63, 3.8) is 0 Å². The van der Waals surface area contributed by atoms with Crippen LogP contribution in [0.5, 0.6) is 5.75 Å². The summed E-state index contributed by atoms with van der Waals surface area (Å²) in [7, 11) is 2.93. The molecular formula is C12H15NO5. The Morgan fingerprint density at radius 1 is 1.33 bits per heavy atom. The second kappa shape index (κ2) is 6.61. The summed E-state index contributed by atoms with van der Waals surface area (Å²) >= 11 is 0. The molecule has 0 fully saturated rings. The van der Waals surface area contributed by atoms with E-state index in [1.165, 1.54) is 26.4 Å². The van der Waals surface area contributed by atoms with Crippen molar-refractivity contribution < 1.29 is 24.2 Å². The first-order valence-corrected chi connectivity index (χ1v) is 5.28. The van der Waals surface area contributed by atoms with Gasteiger partial charge in [-0.05, 0) is 18.2 Å². The number of hydrogen-bond acceptors (Lipinski definition) is 4. The van der Waals surface area contributed by atoms with Crippen LogP contribution in [0, 0.1) is 0 Å². The van der Waals surface area contributed by atoms with Gasteiger partial charge in [-0.1, -0.05) is 0 Å². The van der Waals surface area contributed by atoms with Gasteiger partial charge in [0.05, 0.1) is 31.4 Å². The van der Waals surface area contributed by atoms with Crippen LogP contribution in [0.4, 0.5) is 5.69 Å². The molecule has 0 aliphatic heterocycles. The Bertz CT molecular complexity index is 444. The van der Waals surface area contributed by atoms with Gasteiger partial charge in [-0.2, -0.15) is 0 Å². The molecule has 1 amide bonds. The Morgan fingerprint density at radius 3 is 2.61 bits per heavy atom. The molecular weight excluding hydrogens is 238 g/mol. The van der Waals surface area contributed by atoms with Gasteiger partial charge in [0, 0.05) is 7.11 Å². The summed E-state index contributed by atoms with van der Waals surface area (Å²) in [5.74, 6) is -1.01. The molecule has 18 heavy (non-hydrogen) atoms. The molecule has 0 saturated heterocycles. The first-order valence-electron chi connectivity index (χ1n) is 5.28. The zero-order valence-corrected chi connectivity index (χ0v) is 10.2. The summed E-state index contributed by atoms with van der Waals surface area (Å²) < 4.78 is 9.70. The molecule has 0 atom stereocenters. The molecule has 98 valence electrons. The first kappa shape index (κ1) is 14.0. The van der Waals surface area contributed by atoms with E-state index in [1.54, 1.807) is 6.07 Å². The minimum Gasteiger partial charge on any atom is -0.497 e. The van der Waals surface area contributed by atoms with Crippen molar-refractivity contribution in [3.8, 4) is 5.75 Å². The standard InChI is InChI=1S/C12H15NO5/c1-17-6-5-11(14)13-10-4-3-8(18-2)7-9(10)12(15)16/h3-4,7H,5-6H2,1-2H3,(H,13,14)(H,15,16). The number of amides is 1. The molecule has 6 nitrogen and oxygen atoms in total. The van der Waals surface area contributed by atoms with Gasteiger partial charge in [-0.15, -0.1) is 0 Å². The van der Waals surface area contributed by atoms with Crippen LogP contribution in [0.15, 0.2) is 18.2 Å². The number of rotatable bonds is 6. The van der Waals surface area contributed by atoms with Crippen molar-refractivity contribution in [2.75, 3.05) is 26.1 Å². The zero-order chi connectivity index (χ0) is 13.5. The van der Waals surface area contributed by atoms with E-state index in [2.05, 4.69) is 5.32 Å². The fraction of sp³-hybridized carbons (Fsp3) is 0.333. The Hall–Kier alpha value is -2.08. The third-order valence-electron chi connectivity index (χ3n) is 2.26. The molecule has 0 aliphatic rings. The average molecular weight is 253 g/mol. The van der Waals surface area contributed by atoms with Crippen molar-refractivity contribution >= 4 is 17.6 Å². The summed E-state index contributed by atoms with van der Waals surface area (Å²) in [6, 6.07) is 4.43. The lowest BCUT2D eigenvalue weighted by Crippen LogP contribution is -2.16. The van der Waals surface area contributed by atoms with E-state index in [0.717, 1.165) is 0 Å². The molecule has 0 saturated carbocycles. The van der Waals surface area contributed by atoms with Crippen LogP contribution in [-0.2, 0) is 9.53 Å². The number of carbonyl (C=O) groups is 2. The van der Waals surface area contributed by atoms with Crippen LogP contribution in [0.25, 0.3) is 0 Å². The maximum absolute atomic E-state index is 11.5. The van der Waals surface area contributed by atoms with Crippen LogP contribution in [0.3, 0.4) is 0 Å². The molecule has 2 N–H and O–H groups in total. The number of carboxylic acids is 1. The number of carboxylic acid groups (broad SMARTS) is 1. The van der Waals surface area contributed by atoms with E-state index < -0.39 is 5.97 Å². The minimum absolute atomic E-state index is 0.0138. The number of ether oxygens (including phenoxy) is 2. The van der Waals surface area contributed by atoms with Crippen molar-refractivity contribution in [1.29, 1.82) is 0 Å². The Balaban J connectivity index is 2.87. The van der Waals surface area contributed by atoms with E-state index in [0.29, 0.717) is 5.75 Å². The molecule has 0 unspecified atom stereocenters. The molecule has 0 radical (unpaired) electrons. The number of nitrogens with one attached hydrogen (secondary N) is 1. The molecule has 0 heterocycles. The monoisotopic (exact) mass is 253 g/mol. The molecule has 0 aliphatic carbocycles. The smallest absolute Gasteiger partial charge is 0.337 e. The van der Waals surface area contributed by atoms with E-state index >= 15 is 0 Å². The first-order chi connectivity index (χ1) is 8.58. The van der Waals surface area contributed by atoms with Crippen molar-refractivity contribution in [2.45, 2.75) is 6.42 Å². The number of anilines is 1. The van der Waals surface area contributed by atoms with Gasteiger partial charge in [-0.25, -0.2) is 4.79 Å². The summed E-state index contributed by atoms with van der Waals surface area (Å²) in [4.78, 5) is 22.5. The number of benzene rings is 1. The van der Waals surface area contributed by atoms with Gasteiger partial charge in [-0.3, -0.25) is 4.79 Å². The number of aromatic carboxylic acids is 1. The fourth-order valence-corrected chi connectivity index (χ4v) is 1.34. The van der Waals surface area contributed by atoms with Gasteiger partial charge < -0.3 is 19.9 Å². The lowest BCUT2D eigenvalue weighted by molar-refractivity contribution is -0.117. The highest BCUT2D eigenvalue weighted by Crippen LogP contribution is 2.22. The Kier molecular flexibility index (Phi) is 5.13. The van der Waals surface area contributed by atoms with Crippen LogP contribution < -0.4 is 10.1 Å². The van der Waals surface area contributed by atoms with E-state index in [1.807, 2.05) is 0 Å². The third-order valence-corrected chi connectivity index (χ3v) is 2.26. The van der Waals surface area contributed by atoms with Crippen LogP contribution in [0.2, 0.25) is 0 Å². The van der Waals surface area contributed by atoms with Crippen LogP contribution in [-0.4, -0.2) is 37.8 Å². The molecule has 0 spiro atoms. The molecule has 0 bridgehead atoms. The van der Waals surface area contributed by atoms with Gasteiger partial charge in [0.1, 0.15) is 5.75 Å². The summed E-state index contributed by atoms with van der Waals surface area (Å²) in [5.41, 5.74) is 0.226. The van der Waals surface area contributed by atoms with E-state index in [-0.39, 0.29) is 30.2 Å². The normalized spacial score (nSPS) is 9.89. The lowest BCUT2D eigenvalue weighted by Gasteiger charge is -2.09. The van der Waals surface area contributed by atoms with Gasteiger partial charge in [0.25, 0.3) is 0 Å². The summed E-state index contributed by atoms with van der Waals surface area (Å²) in [6.45, 7) is 0.282. The predicted octanol–water partition coefficient (Wildman–Crippen LogP) is 1.37. The number of hydrogen-bond donors (Lipinski definition) is 2. The maximum atomic E-state index is 11.5. The summed E-state index contributed by atoms with van der Waals surface area (Å²) in [6.07, 6.45) is 0.168. The largest absolute Gasteiger partial charge is 0.497 e. The third kappa shape index (κ3) is 3.74. The number of methoxy groups -OCH3 is 2. The van der Waals surface area contributed by atoms with Crippen molar-refractivity contribution in [3.05, 3.63) is 23.8 Å². The highest BCUT2D eigenvalue weighted by Gasteiger charge is 2.13. The van der Waals surface area contributed by atoms with Crippen LogP contribution in [0.1, 0.15) is 16.8 Å².